The van der Waals surface area contributed by atoms with Gasteiger partial charge in [0.05, 0.1) is 5.52 Å². The van der Waals surface area contributed by atoms with Gasteiger partial charge in [-0.25, -0.2) is 0 Å². The van der Waals surface area contributed by atoms with E-state index in [0.717, 1.165) is 23.1 Å². The molecule has 2 heterocycles. The summed E-state index contributed by atoms with van der Waals surface area (Å²) < 4.78 is 1.02. The van der Waals surface area contributed by atoms with Crippen molar-refractivity contribution in [3.63, 3.8) is 0 Å². The first-order valence-corrected chi connectivity index (χ1v) is 8.73. The first-order chi connectivity index (χ1) is 10.3. The van der Waals surface area contributed by atoms with Crippen molar-refractivity contribution in [1.29, 1.82) is 0 Å². The molecule has 0 saturated heterocycles. The quantitative estimate of drug-likeness (QED) is 0.630. The molecule has 0 atom stereocenters. The van der Waals surface area contributed by atoms with Crippen molar-refractivity contribution in [2.45, 2.75) is 19.9 Å². The molecule has 21 heavy (non-hydrogen) atoms. The topological polar surface area (TPSA) is 24.9 Å². The maximum Gasteiger partial charge on any atom is 0.0789 e. The Bertz CT molecular complexity index is 751. The summed E-state index contributed by atoms with van der Waals surface area (Å²) >= 11 is 5.33. The van der Waals surface area contributed by atoms with Gasteiger partial charge in [0.1, 0.15) is 0 Å². The van der Waals surface area contributed by atoms with Crippen LogP contribution >= 0.6 is 27.3 Å². The van der Waals surface area contributed by atoms with E-state index in [1.807, 2.05) is 17.5 Å². The lowest BCUT2D eigenvalue weighted by Gasteiger charge is -2.04. The zero-order valence-electron chi connectivity index (χ0n) is 11.9. The summed E-state index contributed by atoms with van der Waals surface area (Å²) in [6, 6.07) is 12.9. The van der Waals surface area contributed by atoms with Gasteiger partial charge in [0.25, 0.3) is 0 Å². The van der Waals surface area contributed by atoms with Crippen molar-refractivity contribution in [1.82, 2.24) is 10.3 Å². The van der Waals surface area contributed by atoms with Gasteiger partial charge < -0.3 is 5.32 Å². The first kappa shape index (κ1) is 14.7. The zero-order chi connectivity index (χ0) is 14.7. The Balaban J connectivity index is 1.93. The van der Waals surface area contributed by atoms with Crippen molar-refractivity contribution in [3.05, 3.63) is 51.9 Å². The average molecular weight is 361 g/mol. The van der Waals surface area contributed by atoms with Gasteiger partial charge in [-0.1, -0.05) is 25.1 Å². The smallest absolute Gasteiger partial charge is 0.0789 e. The number of hydrogen-bond acceptors (Lipinski definition) is 3. The minimum absolute atomic E-state index is 0.947. The summed E-state index contributed by atoms with van der Waals surface area (Å²) in [5.74, 6) is 0. The van der Waals surface area contributed by atoms with Crippen molar-refractivity contribution in [2.75, 3.05) is 6.54 Å². The summed E-state index contributed by atoms with van der Waals surface area (Å²) in [4.78, 5) is 7.24. The molecule has 1 aromatic carbocycles. The van der Waals surface area contributed by atoms with Gasteiger partial charge in [-0.15, -0.1) is 11.3 Å². The average Bonchev–Trinajstić information content (AvgIpc) is 2.95. The molecule has 0 unspecified atom stereocenters. The lowest BCUT2D eigenvalue weighted by Crippen LogP contribution is -2.12. The Hall–Kier alpha value is -1.23. The van der Waals surface area contributed by atoms with Crippen molar-refractivity contribution in [3.8, 4) is 10.4 Å². The Labute approximate surface area is 137 Å². The van der Waals surface area contributed by atoms with Crippen LogP contribution < -0.4 is 5.32 Å². The second-order valence-electron chi connectivity index (χ2n) is 4.97. The number of halogens is 1. The Morgan fingerprint density at radius 1 is 1.24 bits per heavy atom. The number of para-hydroxylation sites is 1. The van der Waals surface area contributed by atoms with Crippen LogP contribution in [0.5, 0.6) is 0 Å². The minimum Gasteiger partial charge on any atom is -0.312 e. The highest BCUT2D eigenvalue weighted by Crippen LogP contribution is 2.33. The van der Waals surface area contributed by atoms with Gasteiger partial charge in [0.2, 0.25) is 0 Å². The second kappa shape index (κ2) is 6.69. The third-order valence-electron chi connectivity index (χ3n) is 3.33. The maximum atomic E-state index is 4.59. The normalized spacial score (nSPS) is 11.1. The molecule has 108 valence electrons. The lowest BCUT2D eigenvalue weighted by atomic mass is 10.1. The molecular weight excluding hydrogens is 344 g/mol. The van der Waals surface area contributed by atoms with Crippen LogP contribution in [0.4, 0.5) is 0 Å². The van der Waals surface area contributed by atoms with Gasteiger partial charge >= 0.3 is 0 Å². The SMILES string of the molecule is CCCNCc1ccc(-c2cccc3cc(Br)cnc23)s1. The van der Waals surface area contributed by atoms with E-state index in [1.54, 1.807) is 0 Å². The molecule has 0 spiro atoms. The molecule has 4 heteroatoms. The predicted octanol–water partition coefficient (Wildman–Crippen LogP) is 5.23. The molecule has 1 N–H and O–H groups in total. The highest BCUT2D eigenvalue weighted by Gasteiger charge is 2.08. The van der Waals surface area contributed by atoms with Crippen LogP contribution in [0.2, 0.25) is 0 Å². The van der Waals surface area contributed by atoms with Gasteiger partial charge in [0.15, 0.2) is 0 Å². The largest absolute Gasteiger partial charge is 0.312 e. The molecule has 2 aromatic heterocycles. The standard InChI is InChI=1S/C17H17BrN2S/c1-2-8-19-11-14-6-7-16(21-14)15-5-3-4-12-9-13(18)10-20-17(12)15/h3-7,9-10,19H,2,8,11H2,1H3. The number of nitrogens with one attached hydrogen (secondary N) is 1. The molecule has 0 radical (unpaired) electrons. The van der Waals surface area contributed by atoms with Crippen LogP contribution in [0.1, 0.15) is 18.2 Å². The molecule has 0 bridgehead atoms. The van der Waals surface area contributed by atoms with Crippen LogP contribution in [-0.4, -0.2) is 11.5 Å². The molecule has 0 aliphatic heterocycles. The Morgan fingerprint density at radius 2 is 2.14 bits per heavy atom. The predicted molar refractivity (Wildman–Crippen MR) is 94.8 cm³/mol. The van der Waals surface area contributed by atoms with E-state index in [2.05, 4.69) is 69.6 Å². The minimum atomic E-state index is 0.947. The van der Waals surface area contributed by atoms with E-state index in [-0.39, 0.29) is 0 Å². The molecule has 0 fully saturated rings. The van der Waals surface area contributed by atoms with Crippen LogP contribution in [0.25, 0.3) is 21.3 Å². The van der Waals surface area contributed by atoms with Crippen LogP contribution in [0.15, 0.2) is 47.1 Å². The van der Waals surface area contributed by atoms with Crippen molar-refractivity contribution < 1.29 is 0 Å². The maximum absolute atomic E-state index is 4.59. The van der Waals surface area contributed by atoms with E-state index >= 15 is 0 Å². The first-order valence-electron chi connectivity index (χ1n) is 7.12. The van der Waals surface area contributed by atoms with Gasteiger partial charge in [-0.05, 0) is 47.1 Å². The molecular formula is C17H17BrN2S. The molecule has 0 amide bonds. The fourth-order valence-electron chi connectivity index (χ4n) is 2.34. The van der Waals surface area contributed by atoms with Gasteiger partial charge in [-0.3, -0.25) is 4.98 Å². The molecule has 0 saturated carbocycles. The number of thiophene rings is 1. The number of benzene rings is 1. The van der Waals surface area contributed by atoms with E-state index in [9.17, 15) is 0 Å². The number of aromatic nitrogens is 1. The monoisotopic (exact) mass is 360 g/mol. The number of pyridine rings is 1. The molecule has 2 nitrogen and oxygen atoms in total. The lowest BCUT2D eigenvalue weighted by molar-refractivity contribution is 0.681. The Morgan fingerprint density at radius 3 is 3.00 bits per heavy atom. The van der Waals surface area contributed by atoms with Crippen molar-refractivity contribution >= 4 is 38.2 Å². The van der Waals surface area contributed by atoms with E-state index in [4.69, 9.17) is 0 Å². The number of fused-ring (bicyclic) bond motifs is 1. The molecule has 3 aromatic rings. The third-order valence-corrected chi connectivity index (χ3v) is 4.88. The van der Waals surface area contributed by atoms with Crippen molar-refractivity contribution in [2.24, 2.45) is 0 Å². The van der Waals surface area contributed by atoms with E-state index in [1.165, 1.54) is 27.1 Å². The molecule has 3 rings (SSSR count). The third kappa shape index (κ3) is 3.34. The highest BCUT2D eigenvalue weighted by atomic mass is 79.9. The van der Waals surface area contributed by atoms with Crippen LogP contribution in [0.3, 0.4) is 0 Å². The number of rotatable bonds is 5. The summed E-state index contributed by atoms with van der Waals surface area (Å²) in [7, 11) is 0. The fraction of sp³-hybridized carbons (Fsp3) is 0.235. The Kier molecular flexibility index (Phi) is 4.68. The zero-order valence-corrected chi connectivity index (χ0v) is 14.3. The number of nitrogens with zero attached hydrogens (tertiary/aromatic N) is 1. The van der Waals surface area contributed by atoms with Gasteiger partial charge in [0, 0.05) is 37.9 Å². The van der Waals surface area contributed by atoms with Gasteiger partial charge in [-0.2, -0.15) is 0 Å². The molecule has 0 aliphatic rings. The molecule has 0 aliphatic carbocycles. The highest BCUT2D eigenvalue weighted by molar-refractivity contribution is 9.10. The van der Waals surface area contributed by atoms with Crippen LogP contribution in [-0.2, 0) is 6.54 Å². The summed E-state index contributed by atoms with van der Waals surface area (Å²) in [6.45, 7) is 4.20. The second-order valence-corrected chi connectivity index (χ2v) is 7.06. The van der Waals surface area contributed by atoms with Crippen LogP contribution in [0, 0.1) is 0 Å². The summed E-state index contributed by atoms with van der Waals surface area (Å²) in [5, 5.41) is 4.62. The number of hydrogen-bond donors (Lipinski definition) is 1. The van der Waals surface area contributed by atoms with E-state index in [0.29, 0.717) is 0 Å². The summed E-state index contributed by atoms with van der Waals surface area (Å²) in [5.41, 5.74) is 2.28. The summed E-state index contributed by atoms with van der Waals surface area (Å²) in [6.07, 6.45) is 3.03. The fourth-order valence-corrected chi connectivity index (χ4v) is 3.69. The van der Waals surface area contributed by atoms with E-state index < -0.39 is 0 Å².